The summed E-state index contributed by atoms with van der Waals surface area (Å²) >= 11 is 0. The van der Waals surface area contributed by atoms with E-state index < -0.39 is 8.80 Å². The first-order valence-electron chi connectivity index (χ1n) is 9.16. The Bertz CT molecular complexity index is 309. The molecule has 0 aliphatic rings. The van der Waals surface area contributed by atoms with Gasteiger partial charge < -0.3 is 13.3 Å². The average molecular weight is 346 g/mol. The van der Waals surface area contributed by atoms with E-state index in [0.29, 0.717) is 19.8 Å². The van der Waals surface area contributed by atoms with Gasteiger partial charge in [0, 0.05) is 24.7 Å². The van der Waals surface area contributed by atoms with Crippen molar-refractivity contribution in [1.82, 2.24) is 0 Å². The fourth-order valence-corrected chi connectivity index (χ4v) is 5.46. The van der Waals surface area contributed by atoms with Crippen LogP contribution in [0.5, 0.6) is 0 Å². The quantitative estimate of drug-likeness (QED) is 0.124. The van der Waals surface area contributed by atoms with Crippen molar-refractivity contribution in [1.29, 1.82) is 0 Å². The average Bonchev–Trinajstić information content (AvgIpc) is 2.53. The minimum absolute atomic E-state index is 0.331. The molecule has 23 heavy (non-hydrogen) atoms. The lowest BCUT2D eigenvalue weighted by Gasteiger charge is -2.33. The summed E-state index contributed by atoms with van der Waals surface area (Å²) in [6.07, 6.45) is 9.34. The van der Waals surface area contributed by atoms with Crippen LogP contribution in [0.4, 0.5) is 0 Å². The van der Waals surface area contributed by atoms with E-state index in [1.54, 1.807) is 0 Å². The first-order chi connectivity index (χ1) is 11.2. The van der Waals surface area contributed by atoms with E-state index in [9.17, 15) is 0 Å². The molecular formula is C16H35N3O3Si. The molecule has 0 saturated carbocycles. The van der Waals surface area contributed by atoms with Crippen LogP contribution in [-0.2, 0) is 13.3 Å². The number of azide groups is 1. The third-order valence-corrected chi connectivity index (χ3v) is 7.01. The van der Waals surface area contributed by atoms with Crippen LogP contribution in [0, 0.1) is 0 Å². The molecule has 0 saturated heterocycles. The van der Waals surface area contributed by atoms with Crippen LogP contribution >= 0.6 is 0 Å². The molecular weight excluding hydrogens is 310 g/mol. The number of hydrogen-bond donors (Lipinski definition) is 0. The molecule has 1 atom stereocenters. The van der Waals surface area contributed by atoms with Crippen LogP contribution < -0.4 is 0 Å². The van der Waals surface area contributed by atoms with Crippen molar-refractivity contribution in [2.75, 3.05) is 19.8 Å². The van der Waals surface area contributed by atoms with Gasteiger partial charge in [0.15, 0.2) is 0 Å². The molecule has 0 spiro atoms. The molecule has 0 rings (SSSR count). The third-order valence-electron chi connectivity index (χ3n) is 3.72. The van der Waals surface area contributed by atoms with Gasteiger partial charge in [-0.05, 0) is 32.7 Å². The Morgan fingerprint density at radius 1 is 0.826 bits per heavy atom. The molecule has 0 radical (unpaired) electrons. The number of hydrogen-bond acceptors (Lipinski definition) is 4. The molecule has 0 heterocycles. The normalized spacial score (nSPS) is 12.9. The molecule has 0 aromatic carbocycles. The minimum Gasteiger partial charge on any atom is -0.374 e. The van der Waals surface area contributed by atoms with Crippen molar-refractivity contribution in [3.8, 4) is 0 Å². The lowest BCUT2D eigenvalue weighted by molar-refractivity contribution is 0.0611. The summed E-state index contributed by atoms with van der Waals surface area (Å²) in [5.74, 6) is 0. The first-order valence-corrected chi connectivity index (χ1v) is 11.0. The van der Waals surface area contributed by atoms with Gasteiger partial charge in [-0.3, -0.25) is 0 Å². The smallest absolute Gasteiger partial charge is 0.374 e. The summed E-state index contributed by atoms with van der Waals surface area (Å²) in [5, 5.41) is 3.97. The second-order valence-electron chi connectivity index (χ2n) is 5.53. The Kier molecular flexibility index (Phi) is 14.6. The summed E-state index contributed by atoms with van der Waals surface area (Å²) in [7, 11) is -2.95. The number of nitrogens with zero attached hydrogens (tertiary/aromatic N) is 3. The Morgan fingerprint density at radius 2 is 1.30 bits per heavy atom. The Labute approximate surface area is 142 Å². The van der Waals surface area contributed by atoms with Gasteiger partial charge in [-0.2, -0.15) is 0 Å². The largest absolute Gasteiger partial charge is 0.510 e. The Balaban J connectivity index is 4.59. The van der Waals surface area contributed by atoms with Gasteiger partial charge in [0.25, 0.3) is 0 Å². The summed E-state index contributed by atoms with van der Waals surface area (Å²) in [6.45, 7) is 9.48. The van der Waals surface area contributed by atoms with Crippen molar-refractivity contribution in [3.63, 3.8) is 0 Å². The SMILES string of the molecule is CCCCCCCCCC(N=[N+]=[N-])[Si](OCC)(OCC)OCC. The van der Waals surface area contributed by atoms with E-state index in [2.05, 4.69) is 16.9 Å². The lowest BCUT2D eigenvalue weighted by atomic mass is 10.1. The van der Waals surface area contributed by atoms with Gasteiger partial charge in [-0.15, -0.1) is 0 Å². The predicted octanol–water partition coefficient (Wildman–Crippen LogP) is 5.39. The van der Waals surface area contributed by atoms with Crippen LogP contribution in [0.25, 0.3) is 10.4 Å². The van der Waals surface area contributed by atoms with Crippen LogP contribution in [0.3, 0.4) is 0 Å². The summed E-state index contributed by atoms with van der Waals surface area (Å²) in [4.78, 5) is 3.01. The topological polar surface area (TPSA) is 76.5 Å². The Hall–Kier alpha value is -0.593. The zero-order chi connectivity index (χ0) is 17.4. The molecule has 0 N–H and O–H groups in total. The van der Waals surface area contributed by atoms with Crippen molar-refractivity contribution >= 4 is 8.80 Å². The monoisotopic (exact) mass is 345 g/mol. The zero-order valence-electron chi connectivity index (χ0n) is 15.4. The molecule has 1 unspecified atom stereocenters. The van der Waals surface area contributed by atoms with Crippen molar-refractivity contribution < 1.29 is 13.3 Å². The van der Waals surface area contributed by atoms with Crippen LogP contribution in [-0.4, -0.2) is 34.3 Å². The van der Waals surface area contributed by atoms with Gasteiger partial charge in [0.1, 0.15) is 5.67 Å². The summed E-state index contributed by atoms with van der Waals surface area (Å²) < 4.78 is 17.6. The summed E-state index contributed by atoms with van der Waals surface area (Å²) in [5.41, 5.74) is 8.59. The minimum atomic E-state index is -2.95. The predicted molar refractivity (Wildman–Crippen MR) is 96.2 cm³/mol. The van der Waals surface area contributed by atoms with E-state index in [4.69, 9.17) is 18.8 Å². The van der Waals surface area contributed by atoms with E-state index in [1.807, 2.05) is 20.8 Å². The maximum atomic E-state index is 8.92. The third kappa shape index (κ3) is 9.32. The van der Waals surface area contributed by atoms with Crippen LogP contribution in [0.15, 0.2) is 5.11 Å². The Morgan fingerprint density at radius 3 is 1.74 bits per heavy atom. The van der Waals surface area contributed by atoms with Crippen LogP contribution in [0.2, 0.25) is 0 Å². The van der Waals surface area contributed by atoms with Crippen molar-refractivity contribution in [2.45, 2.75) is 84.7 Å². The molecule has 7 heteroatoms. The molecule has 0 aromatic rings. The maximum Gasteiger partial charge on any atom is 0.510 e. The first kappa shape index (κ1) is 22.4. The maximum absolute atomic E-state index is 8.92. The van der Waals surface area contributed by atoms with Gasteiger partial charge in [-0.1, -0.05) is 57.0 Å². The zero-order valence-corrected chi connectivity index (χ0v) is 16.4. The summed E-state index contributed by atoms with van der Waals surface area (Å²) in [6, 6.07) is 0. The second kappa shape index (κ2) is 15.0. The van der Waals surface area contributed by atoms with Crippen LogP contribution in [0.1, 0.15) is 79.1 Å². The lowest BCUT2D eigenvalue weighted by Crippen LogP contribution is -2.55. The van der Waals surface area contributed by atoms with Gasteiger partial charge in [0.05, 0.1) is 0 Å². The van der Waals surface area contributed by atoms with E-state index >= 15 is 0 Å². The van der Waals surface area contributed by atoms with Gasteiger partial charge in [0.2, 0.25) is 0 Å². The molecule has 0 aliphatic heterocycles. The molecule has 0 bridgehead atoms. The molecule has 0 fully saturated rings. The number of unbranched alkanes of at least 4 members (excludes halogenated alkanes) is 6. The van der Waals surface area contributed by atoms with Crippen molar-refractivity contribution in [3.05, 3.63) is 10.4 Å². The molecule has 6 nitrogen and oxygen atoms in total. The highest BCUT2D eigenvalue weighted by atomic mass is 28.4. The van der Waals surface area contributed by atoms with Gasteiger partial charge >= 0.3 is 8.80 Å². The van der Waals surface area contributed by atoms with Gasteiger partial charge in [-0.25, -0.2) is 0 Å². The molecule has 0 amide bonds. The standard InChI is InChI=1S/C16H35N3O3Si/c1-5-9-10-11-12-13-14-15-16(18-19-17)23(20-6-2,21-7-3)22-8-4/h16H,5-15H2,1-4H3. The molecule has 0 aromatic heterocycles. The van der Waals surface area contributed by atoms with E-state index in [-0.39, 0.29) is 5.67 Å². The number of rotatable bonds is 16. The fraction of sp³-hybridized carbons (Fsp3) is 1.00. The highest BCUT2D eigenvalue weighted by Crippen LogP contribution is 2.23. The van der Waals surface area contributed by atoms with E-state index in [1.165, 1.54) is 32.1 Å². The van der Waals surface area contributed by atoms with E-state index in [0.717, 1.165) is 19.3 Å². The highest BCUT2D eigenvalue weighted by molar-refractivity contribution is 6.62. The fourth-order valence-electron chi connectivity index (χ4n) is 2.68. The molecule has 0 aliphatic carbocycles. The molecule has 136 valence electrons. The second-order valence-corrected chi connectivity index (χ2v) is 8.27. The van der Waals surface area contributed by atoms with Crippen molar-refractivity contribution in [2.24, 2.45) is 5.11 Å². The highest BCUT2D eigenvalue weighted by Gasteiger charge is 2.48.